The smallest absolute Gasteiger partial charge is 0.408 e. The summed E-state index contributed by atoms with van der Waals surface area (Å²) in [7, 11) is 1.50. The number of ether oxygens (including phenoxy) is 2. The normalized spacial score (nSPS) is 15.8. The van der Waals surface area contributed by atoms with Gasteiger partial charge in [-0.1, -0.05) is 78.9 Å². The Hall–Kier alpha value is -4.21. The monoisotopic (exact) mass is 571 g/mol. The number of nitrogens with one attached hydrogen (secondary N) is 1. The van der Waals surface area contributed by atoms with Crippen LogP contribution < -0.4 is 5.32 Å². The average molecular weight is 572 g/mol. The maximum absolute atomic E-state index is 14.0. The number of carbonyl (C=O) groups is 3. The van der Waals surface area contributed by atoms with Crippen molar-refractivity contribution in [2.45, 2.75) is 30.8 Å². The predicted octanol–water partition coefficient (Wildman–Crippen LogP) is 4.12. The molecule has 9 heteroatoms. The van der Waals surface area contributed by atoms with Crippen molar-refractivity contribution < 1.29 is 29.0 Å². The summed E-state index contributed by atoms with van der Waals surface area (Å²) in [4.78, 5) is 42.5. The molecule has 0 aromatic heterocycles. The SMILES string of the molecule is COCCN(CC(=O)O)C(=O)C1(NC(=O)OCC2c3ccccc3-c3ccccc32)CCN(Cc2ccccc2)CC1. The van der Waals surface area contributed by atoms with Gasteiger partial charge in [-0.05, 0) is 40.7 Å². The fourth-order valence-electron chi connectivity index (χ4n) is 6.08. The highest BCUT2D eigenvalue weighted by atomic mass is 16.5. The van der Waals surface area contributed by atoms with Crippen molar-refractivity contribution in [2.75, 3.05) is 46.5 Å². The molecule has 3 aromatic carbocycles. The maximum Gasteiger partial charge on any atom is 0.408 e. The summed E-state index contributed by atoms with van der Waals surface area (Å²) in [6.45, 7) is 1.74. The van der Waals surface area contributed by atoms with Crippen LogP contribution in [0.1, 0.15) is 35.4 Å². The molecule has 2 N–H and O–H groups in total. The van der Waals surface area contributed by atoms with Crippen molar-refractivity contribution in [3.8, 4) is 11.1 Å². The molecule has 0 spiro atoms. The maximum atomic E-state index is 14.0. The van der Waals surface area contributed by atoms with E-state index in [1.807, 2.05) is 54.6 Å². The molecule has 0 bridgehead atoms. The van der Waals surface area contributed by atoms with Gasteiger partial charge in [0.15, 0.2) is 0 Å². The van der Waals surface area contributed by atoms with E-state index in [1.54, 1.807) is 0 Å². The number of hydrogen-bond donors (Lipinski definition) is 2. The summed E-state index contributed by atoms with van der Waals surface area (Å²) in [5, 5.41) is 12.4. The molecule has 5 rings (SSSR count). The number of alkyl carbamates (subject to hydrolysis) is 1. The van der Waals surface area contributed by atoms with Crippen LogP contribution in [0.3, 0.4) is 0 Å². The first-order chi connectivity index (χ1) is 20.4. The third-order valence-electron chi connectivity index (χ3n) is 8.23. The van der Waals surface area contributed by atoms with Gasteiger partial charge in [0.2, 0.25) is 5.91 Å². The first kappa shape index (κ1) is 29.3. The van der Waals surface area contributed by atoms with Crippen molar-refractivity contribution in [1.82, 2.24) is 15.1 Å². The minimum atomic E-state index is -1.29. The molecule has 1 fully saturated rings. The fraction of sp³-hybridized carbons (Fsp3) is 0.364. The number of methoxy groups -OCH3 is 1. The zero-order valence-electron chi connectivity index (χ0n) is 23.8. The summed E-state index contributed by atoms with van der Waals surface area (Å²) in [6, 6.07) is 26.3. The van der Waals surface area contributed by atoms with Gasteiger partial charge in [0.05, 0.1) is 6.61 Å². The van der Waals surface area contributed by atoms with E-state index in [1.165, 1.54) is 12.0 Å². The van der Waals surface area contributed by atoms with E-state index in [0.717, 1.165) is 34.4 Å². The number of carbonyl (C=O) groups excluding carboxylic acids is 2. The van der Waals surface area contributed by atoms with Gasteiger partial charge in [-0.3, -0.25) is 14.5 Å². The number of fused-ring (bicyclic) bond motifs is 3. The molecule has 0 saturated carbocycles. The predicted molar refractivity (Wildman–Crippen MR) is 158 cm³/mol. The molecule has 3 aromatic rings. The highest BCUT2D eigenvalue weighted by molar-refractivity contribution is 5.92. The lowest BCUT2D eigenvalue weighted by Crippen LogP contribution is -2.64. The van der Waals surface area contributed by atoms with Gasteiger partial charge in [0.25, 0.3) is 0 Å². The molecular formula is C33H37N3O6. The molecular weight excluding hydrogens is 534 g/mol. The fourth-order valence-corrected chi connectivity index (χ4v) is 6.08. The molecule has 0 unspecified atom stereocenters. The molecule has 0 atom stereocenters. The minimum Gasteiger partial charge on any atom is -0.480 e. The van der Waals surface area contributed by atoms with Crippen LogP contribution in [0.25, 0.3) is 11.1 Å². The van der Waals surface area contributed by atoms with Gasteiger partial charge in [0, 0.05) is 39.2 Å². The number of piperidine rings is 1. The standard InChI is InChI=1S/C33H37N3O6/c1-41-20-19-36(22-30(37)38)31(39)33(15-17-35(18-16-33)21-24-9-3-2-4-10-24)34-32(40)42-23-29-27-13-7-5-11-25(27)26-12-6-8-14-28(26)29/h2-14,29H,15-23H2,1H3,(H,34,40)(H,37,38). The second kappa shape index (κ2) is 13.2. The Morgan fingerprint density at radius 1 is 0.929 bits per heavy atom. The van der Waals surface area contributed by atoms with E-state index >= 15 is 0 Å². The molecule has 42 heavy (non-hydrogen) atoms. The Labute approximate surface area is 246 Å². The molecule has 220 valence electrons. The van der Waals surface area contributed by atoms with Crippen molar-refractivity contribution in [3.05, 3.63) is 95.6 Å². The topological polar surface area (TPSA) is 108 Å². The molecule has 1 saturated heterocycles. The Morgan fingerprint density at radius 2 is 1.52 bits per heavy atom. The zero-order chi connectivity index (χ0) is 29.5. The van der Waals surface area contributed by atoms with Gasteiger partial charge < -0.3 is 24.8 Å². The first-order valence-electron chi connectivity index (χ1n) is 14.3. The number of carboxylic acid groups (broad SMARTS) is 1. The molecule has 9 nitrogen and oxygen atoms in total. The van der Waals surface area contributed by atoms with Gasteiger partial charge in [-0.25, -0.2) is 4.79 Å². The van der Waals surface area contributed by atoms with Gasteiger partial charge >= 0.3 is 12.1 Å². The zero-order valence-corrected chi connectivity index (χ0v) is 23.8. The van der Waals surface area contributed by atoms with Crippen molar-refractivity contribution >= 4 is 18.0 Å². The van der Waals surface area contributed by atoms with Gasteiger partial charge in [-0.2, -0.15) is 0 Å². The molecule has 1 aliphatic heterocycles. The van der Waals surface area contributed by atoms with E-state index in [-0.39, 0.29) is 25.7 Å². The number of nitrogens with zero attached hydrogens (tertiary/aromatic N) is 2. The molecule has 1 aliphatic carbocycles. The largest absolute Gasteiger partial charge is 0.480 e. The Balaban J connectivity index is 1.32. The summed E-state index contributed by atoms with van der Waals surface area (Å²) < 4.78 is 10.9. The van der Waals surface area contributed by atoms with E-state index < -0.39 is 30.1 Å². The van der Waals surface area contributed by atoms with Crippen LogP contribution in [0.5, 0.6) is 0 Å². The van der Waals surface area contributed by atoms with Crippen molar-refractivity contribution in [3.63, 3.8) is 0 Å². The lowest BCUT2D eigenvalue weighted by molar-refractivity contribution is -0.149. The summed E-state index contributed by atoms with van der Waals surface area (Å²) in [5.41, 5.74) is 4.31. The van der Waals surface area contributed by atoms with Crippen LogP contribution in [0.15, 0.2) is 78.9 Å². The number of amides is 2. The minimum absolute atomic E-state index is 0.101. The quantitative estimate of drug-likeness (QED) is 0.357. The molecule has 1 heterocycles. The van der Waals surface area contributed by atoms with Crippen molar-refractivity contribution in [2.24, 2.45) is 0 Å². The number of rotatable bonds is 11. The number of hydrogen-bond acceptors (Lipinski definition) is 6. The Morgan fingerprint density at radius 3 is 2.12 bits per heavy atom. The Bertz CT molecular complexity index is 1360. The first-order valence-corrected chi connectivity index (χ1v) is 14.3. The third kappa shape index (κ3) is 6.48. The second-order valence-electron chi connectivity index (χ2n) is 10.9. The molecule has 2 amide bonds. The van der Waals surface area contributed by atoms with E-state index in [4.69, 9.17) is 9.47 Å². The Kier molecular flexibility index (Phi) is 9.19. The summed E-state index contributed by atoms with van der Waals surface area (Å²) in [5.74, 6) is -1.68. The second-order valence-corrected chi connectivity index (χ2v) is 10.9. The average Bonchev–Trinajstić information content (AvgIpc) is 3.33. The molecule has 0 radical (unpaired) electrons. The number of carboxylic acids is 1. The van der Waals surface area contributed by atoms with E-state index in [2.05, 4.69) is 34.5 Å². The van der Waals surface area contributed by atoms with Gasteiger partial charge in [0.1, 0.15) is 18.7 Å². The van der Waals surface area contributed by atoms with Gasteiger partial charge in [-0.15, -0.1) is 0 Å². The van der Waals surface area contributed by atoms with Crippen LogP contribution in [0.4, 0.5) is 4.79 Å². The lowest BCUT2D eigenvalue weighted by Gasteiger charge is -2.43. The van der Waals surface area contributed by atoms with E-state index in [9.17, 15) is 19.5 Å². The highest BCUT2D eigenvalue weighted by Crippen LogP contribution is 2.44. The van der Waals surface area contributed by atoms with Crippen LogP contribution in [0, 0.1) is 0 Å². The lowest BCUT2D eigenvalue weighted by atomic mass is 9.85. The van der Waals surface area contributed by atoms with E-state index in [0.29, 0.717) is 25.9 Å². The van der Waals surface area contributed by atoms with Crippen LogP contribution in [-0.4, -0.2) is 84.9 Å². The summed E-state index contributed by atoms with van der Waals surface area (Å²) >= 11 is 0. The number of aliphatic carboxylic acids is 1. The van der Waals surface area contributed by atoms with Crippen LogP contribution in [0.2, 0.25) is 0 Å². The molecule has 2 aliphatic rings. The van der Waals surface area contributed by atoms with Crippen LogP contribution >= 0.6 is 0 Å². The summed E-state index contributed by atoms with van der Waals surface area (Å²) in [6.07, 6.45) is -0.0403. The number of likely N-dealkylation sites (tertiary alicyclic amines) is 1. The van der Waals surface area contributed by atoms with Crippen molar-refractivity contribution in [1.29, 1.82) is 0 Å². The third-order valence-corrected chi connectivity index (χ3v) is 8.23. The number of benzene rings is 3. The highest BCUT2D eigenvalue weighted by Gasteiger charge is 2.46. The van der Waals surface area contributed by atoms with Crippen LogP contribution in [-0.2, 0) is 25.6 Å².